The summed E-state index contributed by atoms with van der Waals surface area (Å²) >= 11 is 0. The third-order valence-electron chi connectivity index (χ3n) is 2.52. The van der Waals surface area contributed by atoms with Gasteiger partial charge in [-0.25, -0.2) is 0 Å². The van der Waals surface area contributed by atoms with Gasteiger partial charge in [-0.1, -0.05) is 6.07 Å². The quantitative estimate of drug-likeness (QED) is 0.874. The van der Waals surface area contributed by atoms with Gasteiger partial charge in [0.2, 0.25) is 0 Å². The van der Waals surface area contributed by atoms with Gasteiger partial charge in [0.15, 0.2) is 6.10 Å². The zero-order chi connectivity index (χ0) is 12.4. The number of benzene rings is 1. The van der Waals surface area contributed by atoms with Crippen LogP contribution in [0.1, 0.15) is 12.6 Å². The van der Waals surface area contributed by atoms with E-state index in [2.05, 4.69) is 4.98 Å². The molecule has 1 aromatic carbocycles. The van der Waals surface area contributed by atoms with Crippen LogP contribution in [-0.4, -0.2) is 17.0 Å². The molecule has 1 atom stereocenters. The van der Waals surface area contributed by atoms with E-state index in [0.717, 1.165) is 16.6 Å². The monoisotopic (exact) mass is 230 g/mol. The van der Waals surface area contributed by atoms with E-state index in [4.69, 9.17) is 10.5 Å². The summed E-state index contributed by atoms with van der Waals surface area (Å²) in [6.45, 7) is 3.55. The first-order valence-corrected chi connectivity index (χ1v) is 5.39. The van der Waals surface area contributed by atoms with Crippen LogP contribution in [0.25, 0.3) is 10.9 Å². The summed E-state index contributed by atoms with van der Waals surface area (Å²) < 4.78 is 5.41. The van der Waals surface area contributed by atoms with E-state index in [0.29, 0.717) is 5.75 Å². The van der Waals surface area contributed by atoms with Crippen molar-refractivity contribution in [2.24, 2.45) is 5.73 Å². The number of fused-ring (bicyclic) bond motifs is 1. The first kappa shape index (κ1) is 11.4. The van der Waals surface area contributed by atoms with Crippen molar-refractivity contribution in [3.05, 3.63) is 36.0 Å². The molecule has 88 valence electrons. The zero-order valence-corrected chi connectivity index (χ0v) is 9.81. The maximum atomic E-state index is 10.9. The summed E-state index contributed by atoms with van der Waals surface area (Å²) in [6.07, 6.45) is -0.641. The van der Waals surface area contributed by atoms with Crippen molar-refractivity contribution in [2.75, 3.05) is 0 Å². The second kappa shape index (κ2) is 4.41. The minimum absolute atomic E-state index is 0.484. The molecule has 1 unspecified atom stereocenters. The lowest BCUT2D eigenvalue weighted by Crippen LogP contribution is -2.30. The number of nitrogens with two attached hydrogens (primary N) is 1. The minimum atomic E-state index is -0.641. The summed E-state index contributed by atoms with van der Waals surface area (Å²) in [4.78, 5) is 15.3. The number of rotatable bonds is 3. The number of amides is 1. The van der Waals surface area contributed by atoms with E-state index >= 15 is 0 Å². The third-order valence-corrected chi connectivity index (χ3v) is 2.52. The lowest BCUT2D eigenvalue weighted by atomic mass is 10.2. The molecule has 0 fully saturated rings. The van der Waals surface area contributed by atoms with Crippen LogP contribution in [0.3, 0.4) is 0 Å². The number of hydrogen-bond donors (Lipinski definition) is 1. The van der Waals surface area contributed by atoms with Crippen molar-refractivity contribution >= 4 is 16.8 Å². The van der Waals surface area contributed by atoms with Gasteiger partial charge in [-0.15, -0.1) is 0 Å². The van der Waals surface area contributed by atoms with Crippen LogP contribution in [0.15, 0.2) is 30.3 Å². The number of carbonyl (C=O) groups excluding carboxylic acids is 1. The van der Waals surface area contributed by atoms with Crippen LogP contribution in [-0.2, 0) is 4.79 Å². The number of primary amides is 1. The number of nitrogens with zero attached hydrogens (tertiary/aromatic N) is 1. The molecule has 2 aromatic rings. The normalized spacial score (nSPS) is 12.4. The molecule has 1 aromatic heterocycles. The highest BCUT2D eigenvalue weighted by Gasteiger charge is 2.10. The van der Waals surface area contributed by atoms with Gasteiger partial charge in [0.25, 0.3) is 5.91 Å². The van der Waals surface area contributed by atoms with Crippen molar-refractivity contribution in [1.29, 1.82) is 0 Å². The number of aromatic nitrogens is 1. The summed E-state index contributed by atoms with van der Waals surface area (Å²) in [7, 11) is 0. The second-order valence-corrected chi connectivity index (χ2v) is 3.97. The molecule has 0 aliphatic rings. The van der Waals surface area contributed by atoms with Gasteiger partial charge in [-0.2, -0.15) is 0 Å². The Morgan fingerprint density at radius 2 is 2.06 bits per heavy atom. The molecule has 4 nitrogen and oxygen atoms in total. The van der Waals surface area contributed by atoms with E-state index < -0.39 is 12.0 Å². The average Bonchev–Trinajstić information content (AvgIpc) is 2.28. The van der Waals surface area contributed by atoms with E-state index in [1.54, 1.807) is 13.0 Å². The van der Waals surface area contributed by atoms with Gasteiger partial charge >= 0.3 is 0 Å². The molecular weight excluding hydrogens is 216 g/mol. The summed E-state index contributed by atoms with van der Waals surface area (Å²) in [5.74, 6) is 0.115. The lowest BCUT2D eigenvalue weighted by molar-refractivity contribution is -0.123. The molecule has 17 heavy (non-hydrogen) atoms. The topological polar surface area (TPSA) is 65.2 Å². The van der Waals surface area contributed by atoms with Gasteiger partial charge in [0.05, 0.1) is 5.52 Å². The van der Waals surface area contributed by atoms with Crippen LogP contribution < -0.4 is 10.5 Å². The summed E-state index contributed by atoms with van der Waals surface area (Å²) in [5.41, 5.74) is 6.93. The zero-order valence-electron chi connectivity index (χ0n) is 9.81. The molecule has 0 aliphatic heterocycles. The Hall–Kier alpha value is -2.10. The first-order valence-electron chi connectivity index (χ1n) is 5.39. The smallest absolute Gasteiger partial charge is 0.258 e. The number of pyridine rings is 1. The van der Waals surface area contributed by atoms with Crippen molar-refractivity contribution in [2.45, 2.75) is 20.0 Å². The molecule has 2 N–H and O–H groups in total. The summed E-state index contributed by atoms with van der Waals surface area (Å²) in [6, 6.07) is 9.47. The van der Waals surface area contributed by atoms with E-state index in [1.807, 2.05) is 31.2 Å². The molecule has 0 saturated heterocycles. The third kappa shape index (κ3) is 2.53. The van der Waals surface area contributed by atoms with Crippen LogP contribution in [0.4, 0.5) is 0 Å². The van der Waals surface area contributed by atoms with Crippen molar-refractivity contribution in [3.8, 4) is 5.75 Å². The molecular formula is C13H14N2O2. The van der Waals surface area contributed by atoms with Crippen LogP contribution in [0.2, 0.25) is 0 Å². The van der Waals surface area contributed by atoms with E-state index in [-0.39, 0.29) is 0 Å². The molecule has 1 heterocycles. The first-order chi connectivity index (χ1) is 8.06. The minimum Gasteiger partial charge on any atom is -0.481 e. The maximum Gasteiger partial charge on any atom is 0.258 e. The predicted octanol–water partition coefficient (Wildman–Crippen LogP) is 1.80. The van der Waals surface area contributed by atoms with E-state index in [9.17, 15) is 4.79 Å². The predicted molar refractivity (Wildman–Crippen MR) is 65.8 cm³/mol. The highest BCUT2D eigenvalue weighted by Crippen LogP contribution is 2.20. The Morgan fingerprint density at radius 3 is 2.76 bits per heavy atom. The SMILES string of the molecule is Cc1ccc2ccc(OC(C)C(N)=O)cc2n1. The Kier molecular flexibility index (Phi) is 2.95. The molecule has 0 saturated carbocycles. The molecule has 2 rings (SSSR count). The maximum absolute atomic E-state index is 10.9. The van der Waals surface area contributed by atoms with Gasteiger partial charge in [0, 0.05) is 17.1 Å². The fraction of sp³-hybridized carbons (Fsp3) is 0.231. The van der Waals surface area contributed by atoms with E-state index in [1.165, 1.54) is 0 Å². The number of carbonyl (C=O) groups is 1. The highest BCUT2D eigenvalue weighted by molar-refractivity contribution is 5.81. The second-order valence-electron chi connectivity index (χ2n) is 3.97. The van der Waals surface area contributed by atoms with Crippen LogP contribution in [0.5, 0.6) is 5.75 Å². The van der Waals surface area contributed by atoms with Gasteiger partial charge < -0.3 is 10.5 Å². The fourth-order valence-corrected chi connectivity index (χ4v) is 1.53. The fourth-order valence-electron chi connectivity index (χ4n) is 1.53. The van der Waals surface area contributed by atoms with Crippen molar-refractivity contribution in [3.63, 3.8) is 0 Å². The Labute approximate surface area is 99.4 Å². The summed E-state index contributed by atoms with van der Waals surface area (Å²) in [5, 5.41) is 1.04. The van der Waals surface area contributed by atoms with Crippen molar-refractivity contribution < 1.29 is 9.53 Å². The Balaban J connectivity index is 2.33. The molecule has 0 bridgehead atoms. The lowest BCUT2D eigenvalue weighted by Gasteiger charge is -2.11. The van der Waals surface area contributed by atoms with Gasteiger partial charge in [-0.3, -0.25) is 9.78 Å². The molecule has 0 aliphatic carbocycles. The van der Waals surface area contributed by atoms with Gasteiger partial charge in [-0.05, 0) is 32.0 Å². The molecule has 4 heteroatoms. The molecule has 1 amide bonds. The standard InChI is InChI=1S/C13H14N2O2/c1-8-3-4-10-5-6-11(7-12(10)15-8)17-9(2)13(14)16/h3-7,9H,1-2H3,(H2,14,16). The van der Waals surface area contributed by atoms with Crippen LogP contribution >= 0.6 is 0 Å². The number of ether oxygens (including phenoxy) is 1. The van der Waals surface area contributed by atoms with Crippen LogP contribution in [0, 0.1) is 6.92 Å². The highest BCUT2D eigenvalue weighted by atomic mass is 16.5. The van der Waals surface area contributed by atoms with Crippen molar-refractivity contribution in [1.82, 2.24) is 4.98 Å². The van der Waals surface area contributed by atoms with Gasteiger partial charge in [0.1, 0.15) is 5.75 Å². The molecule has 0 radical (unpaired) electrons. The number of hydrogen-bond acceptors (Lipinski definition) is 3. The largest absolute Gasteiger partial charge is 0.481 e. The average molecular weight is 230 g/mol. The number of aryl methyl sites for hydroxylation is 1. The Morgan fingerprint density at radius 1 is 1.35 bits per heavy atom. The Bertz CT molecular complexity index is 566. The molecule has 0 spiro atoms.